The van der Waals surface area contributed by atoms with E-state index in [4.69, 9.17) is 5.26 Å². The molecule has 84 valence electrons. The molecule has 3 atom stereocenters. The van der Waals surface area contributed by atoms with Crippen molar-refractivity contribution in [2.45, 2.75) is 25.6 Å². The van der Waals surface area contributed by atoms with Crippen molar-refractivity contribution < 1.29 is 5.11 Å². The summed E-state index contributed by atoms with van der Waals surface area (Å²) in [6, 6.07) is 12.5. The number of hydrogen-bond donors (Lipinski definition) is 1. The van der Waals surface area contributed by atoms with E-state index in [0.717, 1.165) is 6.54 Å². The second-order valence-corrected chi connectivity index (χ2v) is 4.38. The first kappa shape index (κ1) is 11.1. The maximum absolute atomic E-state index is 9.74. The molecule has 1 aromatic carbocycles. The molecule has 0 spiro atoms. The van der Waals surface area contributed by atoms with Crippen molar-refractivity contribution in [1.82, 2.24) is 4.90 Å². The third-order valence-corrected chi connectivity index (χ3v) is 3.31. The first-order chi connectivity index (χ1) is 7.72. The monoisotopic (exact) mass is 216 g/mol. The molecule has 1 N–H and O–H groups in total. The number of likely N-dealkylation sites (tertiary alicyclic amines) is 1. The third-order valence-electron chi connectivity index (χ3n) is 3.31. The predicted molar refractivity (Wildman–Crippen MR) is 61.4 cm³/mol. The van der Waals surface area contributed by atoms with E-state index < -0.39 is 6.10 Å². The zero-order chi connectivity index (χ0) is 11.5. The topological polar surface area (TPSA) is 47.3 Å². The summed E-state index contributed by atoms with van der Waals surface area (Å²) >= 11 is 0. The molecule has 1 aliphatic rings. The summed E-state index contributed by atoms with van der Waals surface area (Å²) in [5.41, 5.74) is 1.22. The van der Waals surface area contributed by atoms with Gasteiger partial charge in [-0.2, -0.15) is 5.26 Å². The van der Waals surface area contributed by atoms with Crippen LogP contribution in [0, 0.1) is 17.2 Å². The van der Waals surface area contributed by atoms with Crippen molar-refractivity contribution in [2.24, 2.45) is 5.92 Å². The van der Waals surface area contributed by atoms with Crippen molar-refractivity contribution in [3.8, 4) is 6.07 Å². The average Bonchev–Trinajstić information content (AvgIpc) is 2.55. The van der Waals surface area contributed by atoms with Crippen LogP contribution in [0.25, 0.3) is 0 Å². The molecule has 1 saturated heterocycles. The highest BCUT2D eigenvalue weighted by molar-refractivity contribution is 5.15. The standard InChI is InChI=1S/C13H16N2O/c1-10-12(7-14)13(16)9-15(10)8-11-5-3-2-4-6-11/h2-6,10,12-13,16H,8-9H2,1H3. The summed E-state index contributed by atoms with van der Waals surface area (Å²) in [7, 11) is 0. The molecular weight excluding hydrogens is 200 g/mol. The number of rotatable bonds is 2. The van der Waals surface area contributed by atoms with Crippen molar-refractivity contribution >= 4 is 0 Å². The number of β-amino-alcohol motifs (C(OH)–C–C–N with tert-alkyl or cyclic N) is 1. The number of nitrogens with zero attached hydrogens (tertiary/aromatic N) is 2. The molecule has 2 rings (SSSR count). The van der Waals surface area contributed by atoms with Crippen LogP contribution in [-0.2, 0) is 6.54 Å². The number of benzene rings is 1. The summed E-state index contributed by atoms with van der Waals surface area (Å²) in [5.74, 6) is -0.260. The van der Waals surface area contributed by atoms with E-state index in [1.54, 1.807) is 0 Å². The van der Waals surface area contributed by atoms with Crippen LogP contribution in [0.4, 0.5) is 0 Å². The quantitative estimate of drug-likeness (QED) is 0.812. The van der Waals surface area contributed by atoms with E-state index in [0.29, 0.717) is 6.54 Å². The van der Waals surface area contributed by atoms with Crippen LogP contribution < -0.4 is 0 Å². The fraction of sp³-hybridized carbons (Fsp3) is 0.462. The summed E-state index contributed by atoms with van der Waals surface area (Å²) in [6.45, 7) is 3.40. The van der Waals surface area contributed by atoms with Crippen molar-refractivity contribution in [2.75, 3.05) is 6.54 Å². The molecule has 16 heavy (non-hydrogen) atoms. The second kappa shape index (κ2) is 4.65. The fourth-order valence-corrected chi connectivity index (χ4v) is 2.29. The molecule has 0 amide bonds. The highest BCUT2D eigenvalue weighted by Crippen LogP contribution is 2.25. The van der Waals surface area contributed by atoms with Gasteiger partial charge in [-0.15, -0.1) is 0 Å². The zero-order valence-corrected chi connectivity index (χ0v) is 9.37. The lowest BCUT2D eigenvalue weighted by atomic mass is 10.0. The Morgan fingerprint density at radius 3 is 2.69 bits per heavy atom. The molecule has 0 aromatic heterocycles. The number of aliphatic hydroxyl groups is 1. The van der Waals surface area contributed by atoms with Gasteiger partial charge in [-0.3, -0.25) is 4.90 Å². The molecule has 3 nitrogen and oxygen atoms in total. The Morgan fingerprint density at radius 2 is 2.12 bits per heavy atom. The van der Waals surface area contributed by atoms with E-state index in [2.05, 4.69) is 23.1 Å². The first-order valence-electron chi connectivity index (χ1n) is 5.58. The lowest BCUT2D eigenvalue weighted by molar-refractivity contribution is 0.158. The Bertz CT molecular complexity index is 385. The van der Waals surface area contributed by atoms with Crippen LogP contribution in [0.5, 0.6) is 0 Å². The number of nitriles is 1. The smallest absolute Gasteiger partial charge is 0.0887 e. The first-order valence-corrected chi connectivity index (χ1v) is 5.58. The maximum Gasteiger partial charge on any atom is 0.0887 e. The third kappa shape index (κ3) is 2.08. The minimum atomic E-state index is -0.510. The second-order valence-electron chi connectivity index (χ2n) is 4.38. The maximum atomic E-state index is 9.74. The van der Waals surface area contributed by atoms with E-state index >= 15 is 0 Å². The summed E-state index contributed by atoms with van der Waals surface area (Å²) in [4.78, 5) is 2.16. The van der Waals surface area contributed by atoms with E-state index in [1.807, 2.05) is 25.1 Å². The number of aliphatic hydroxyl groups excluding tert-OH is 1. The Morgan fingerprint density at radius 1 is 1.44 bits per heavy atom. The molecule has 1 aromatic rings. The van der Waals surface area contributed by atoms with Gasteiger partial charge in [0.25, 0.3) is 0 Å². The van der Waals surface area contributed by atoms with Crippen LogP contribution in [0.3, 0.4) is 0 Å². The van der Waals surface area contributed by atoms with E-state index in [1.165, 1.54) is 5.56 Å². The number of hydrogen-bond acceptors (Lipinski definition) is 3. The van der Waals surface area contributed by atoms with Gasteiger partial charge in [-0.05, 0) is 12.5 Å². The van der Waals surface area contributed by atoms with Gasteiger partial charge in [0.15, 0.2) is 0 Å². The van der Waals surface area contributed by atoms with Gasteiger partial charge in [0.2, 0.25) is 0 Å². The van der Waals surface area contributed by atoms with Crippen molar-refractivity contribution in [1.29, 1.82) is 5.26 Å². The van der Waals surface area contributed by atoms with E-state index in [-0.39, 0.29) is 12.0 Å². The Hall–Kier alpha value is -1.37. The Balaban J connectivity index is 2.05. The molecule has 0 radical (unpaired) electrons. The summed E-state index contributed by atoms with van der Waals surface area (Å²) in [6.07, 6.45) is -0.510. The van der Waals surface area contributed by atoms with E-state index in [9.17, 15) is 5.11 Å². The van der Waals surface area contributed by atoms with Crippen LogP contribution in [-0.4, -0.2) is 28.7 Å². The average molecular weight is 216 g/mol. The van der Waals surface area contributed by atoms with Gasteiger partial charge in [-0.1, -0.05) is 30.3 Å². The van der Waals surface area contributed by atoms with Gasteiger partial charge in [0.05, 0.1) is 18.1 Å². The molecule has 3 heteroatoms. The van der Waals surface area contributed by atoms with Crippen LogP contribution in [0.15, 0.2) is 30.3 Å². The molecule has 0 aliphatic carbocycles. The Labute approximate surface area is 95.9 Å². The van der Waals surface area contributed by atoms with Gasteiger partial charge >= 0.3 is 0 Å². The van der Waals surface area contributed by atoms with Crippen LogP contribution >= 0.6 is 0 Å². The van der Waals surface area contributed by atoms with Gasteiger partial charge < -0.3 is 5.11 Å². The van der Waals surface area contributed by atoms with Crippen molar-refractivity contribution in [3.05, 3.63) is 35.9 Å². The minimum absolute atomic E-state index is 0.125. The molecule has 0 saturated carbocycles. The molecule has 0 bridgehead atoms. The largest absolute Gasteiger partial charge is 0.390 e. The lowest BCUT2D eigenvalue weighted by Gasteiger charge is -2.21. The van der Waals surface area contributed by atoms with Crippen molar-refractivity contribution in [3.63, 3.8) is 0 Å². The fourth-order valence-electron chi connectivity index (χ4n) is 2.29. The van der Waals surface area contributed by atoms with Gasteiger partial charge in [0, 0.05) is 19.1 Å². The van der Waals surface area contributed by atoms with Crippen LogP contribution in [0.2, 0.25) is 0 Å². The normalized spacial score (nSPS) is 30.2. The minimum Gasteiger partial charge on any atom is -0.390 e. The summed E-state index contributed by atoms with van der Waals surface area (Å²) in [5, 5.41) is 18.7. The lowest BCUT2D eigenvalue weighted by Crippen LogP contribution is -2.29. The summed E-state index contributed by atoms with van der Waals surface area (Å²) < 4.78 is 0. The molecule has 3 unspecified atom stereocenters. The highest BCUT2D eigenvalue weighted by atomic mass is 16.3. The zero-order valence-electron chi connectivity index (χ0n) is 9.37. The predicted octanol–water partition coefficient (Wildman–Crippen LogP) is 1.39. The van der Waals surface area contributed by atoms with Gasteiger partial charge in [-0.25, -0.2) is 0 Å². The SMILES string of the molecule is CC1C(C#N)C(O)CN1Cc1ccccc1. The molecule has 1 aliphatic heterocycles. The van der Waals surface area contributed by atoms with Crippen LogP contribution in [0.1, 0.15) is 12.5 Å². The molecular formula is C13H16N2O. The highest BCUT2D eigenvalue weighted by Gasteiger charge is 2.37. The molecule has 1 fully saturated rings. The Kier molecular flexibility index (Phi) is 3.23. The molecule has 1 heterocycles. The van der Waals surface area contributed by atoms with Gasteiger partial charge in [0.1, 0.15) is 0 Å².